The summed E-state index contributed by atoms with van der Waals surface area (Å²) in [6.45, 7) is -1.77. The fourth-order valence-corrected chi connectivity index (χ4v) is 2.20. The molecule has 1 aromatic heterocycles. The van der Waals surface area contributed by atoms with Crippen molar-refractivity contribution in [1.29, 1.82) is 0 Å². The number of ether oxygens (including phenoxy) is 1. The molecule has 9 heteroatoms. The van der Waals surface area contributed by atoms with Gasteiger partial charge >= 0.3 is 12.3 Å². The molecule has 1 aromatic rings. The van der Waals surface area contributed by atoms with Gasteiger partial charge in [-0.3, -0.25) is 0 Å². The van der Waals surface area contributed by atoms with Gasteiger partial charge in [0.25, 0.3) is 0 Å². The van der Waals surface area contributed by atoms with E-state index in [9.17, 15) is 17.6 Å². The highest BCUT2D eigenvalue weighted by Gasteiger charge is 2.41. The van der Waals surface area contributed by atoms with Crippen LogP contribution in [0.1, 0.15) is 43.3 Å². The highest BCUT2D eigenvalue weighted by molar-refractivity contribution is 4.96. The van der Waals surface area contributed by atoms with Crippen LogP contribution in [0.5, 0.6) is 0 Å². The first-order chi connectivity index (χ1) is 9.88. The Hall–Kier alpha value is -1.22. The number of nitrogens with zero attached hydrogens (tertiary/aromatic N) is 2. The van der Waals surface area contributed by atoms with Crippen molar-refractivity contribution < 1.29 is 26.8 Å². The van der Waals surface area contributed by atoms with E-state index in [0.717, 1.165) is 25.7 Å². The molecule has 21 heavy (non-hydrogen) atoms. The molecule has 0 radical (unpaired) electrons. The van der Waals surface area contributed by atoms with Crippen molar-refractivity contribution in [2.75, 3.05) is 6.61 Å². The summed E-state index contributed by atoms with van der Waals surface area (Å²) in [7, 11) is 0. The molecule has 0 aromatic carbocycles. The van der Waals surface area contributed by atoms with E-state index in [4.69, 9.17) is 10.3 Å². The molecule has 2 rings (SSSR count). The lowest BCUT2D eigenvalue weighted by atomic mass is 9.86. The first-order valence-corrected chi connectivity index (χ1v) is 6.70. The minimum Gasteiger partial charge on any atom is -0.367 e. The van der Waals surface area contributed by atoms with E-state index in [0.29, 0.717) is 5.89 Å². The van der Waals surface area contributed by atoms with Gasteiger partial charge in [0.1, 0.15) is 13.2 Å². The fraction of sp³-hybridized carbons (Fsp3) is 0.833. The summed E-state index contributed by atoms with van der Waals surface area (Å²) in [5, 5.41) is 3.60. The molecule has 0 unspecified atom stereocenters. The van der Waals surface area contributed by atoms with Gasteiger partial charge in [-0.2, -0.15) is 13.8 Å². The monoisotopic (exact) mass is 311 g/mol. The molecular formula is C12H17F4N3O2. The van der Waals surface area contributed by atoms with Gasteiger partial charge in [0.05, 0.1) is 0 Å². The summed E-state index contributed by atoms with van der Waals surface area (Å²) in [6.07, 6.45) is -0.385. The van der Waals surface area contributed by atoms with Gasteiger partial charge in [0, 0.05) is 12.0 Å². The van der Waals surface area contributed by atoms with E-state index < -0.39 is 25.6 Å². The zero-order valence-corrected chi connectivity index (χ0v) is 11.3. The average Bonchev–Trinajstić information content (AvgIpc) is 2.88. The van der Waals surface area contributed by atoms with E-state index in [1.165, 1.54) is 0 Å². The SMILES string of the molecule is NC1CCC(c2nc(COCC(F)(F)C(F)F)no2)CC1. The Morgan fingerprint density at radius 3 is 2.57 bits per heavy atom. The maximum Gasteiger partial charge on any atom is 0.330 e. The Bertz CT molecular complexity index is 447. The van der Waals surface area contributed by atoms with E-state index in [2.05, 4.69) is 14.9 Å². The van der Waals surface area contributed by atoms with Crippen molar-refractivity contribution in [3.63, 3.8) is 0 Å². The number of rotatable bonds is 6. The Kier molecular flexibility index (Phi) is 5.15. The lowest BCUT2D eigenvalue weighted by Gasteiger charge is -2.22. The van der Waals surface area contributed by atoms with Crippen LogP contribution < -0.4 is 5.73 Å². The lowest BCUT2D eigenvalue weighted by molar-refractivity contribution is -0.168. The van der Waals surface area contributed by atoms with Crippen molar-refractivity contribution in [1.82, 2.24) is 10.1 Å². The van der Waals surface area contributed by atoms with Gasteiger partial charge in [-0.25, -0.2) is 8.78 Å². The van der Waals surface area contributed by atoms with Crippen molar-refractivity contribution in [2.24, 2.45) is 5.73 Å². The minimum absolute atomic E-state index is 0.0740. The quantitative estimate of drug-likeness (QED) is 0.817. The second-order valence-corrected chi connectivity index (χ2v) is 5.22. The molecule has 0 saturated heterocycles. The van der Waals surface area contributed by atoms with Crippen molar-refractivity contribution in [2.45, 2.75) is 56.6 Å². The van der Waals surface area contributed by atoms with Crippen LogP contribution in [0.3, 0.4) is 0 Å². The second kappa shape index (κ2) is 6.69. The maximum absolute atomic E-state index is 12.6. The molecule has 5 nitrogen and oxygen atoms in total. The minimum atomic E-state index is -4.17. The van der Waals surface area contributed by atoms with Crippen LogP contribution in [0.25, 0.3) is 0 Å². The van der Waals surface area contributed by atoms with Crippen molar-refractivity contribution >= 4 is 0 Å². The molecular weight excluding hydrogens is 294 g/mol. The molecule has 1 saturated carbocycles. The van der Waals surface area contributed by atoms with Crippen LogP contribution in [-0.4, -0.2) is 35.1 Å². The number of halogens is 4. The van der Waals surface area contributed by atoms with E-state index >= 15 is 0 Å². The summed E-state index contributed by atoms with van der Waals surface area (Å²) in [4.78, 5) is 4.05. The first-order valence-electron chi connectivity index (χ1n) is 6.70. The Morgan fingerprint density at radius 2 is 1.95 bits per heavy atom. The molecule has 0 atom stereocenters. The summed E-state index contributed by atoms with van der Waals surface area (Å²) in [6, 6.07) is 0.184. The number of hydrogen-bond donors (Lipinski definition) is 1. The zero-order chi connectivity index (χ0) is 15.5. The second-order valence-electron chi connectivity index (χ2n) is 5.22. The molecule has 0 spiro atoms. The Labute approximate surface area is 118 Å². The third-order valence-electron chi connectivity index (χ3n) is 3.45. The van der Waals surface area contributed by atoms with Crippen LogP contribution in [0.2, 0.25) is 0 Å². The van der Waals surface area contributed by atoms with E-state index in [1.54, 1.807) is 0 Å². The largest absolute Gasteiger partial charge is 0.367 e. The predicted molar refractivity (Wildman–Crippen MR) is 64.1 cm³/mol. The van der Waals surface area contributed by atoms with Gasteiger partial charge in [0.2, 0.25) is 5.89 Å². The zero-order valence-electron chi connectivity index (χ0n) is 11.3. The predicted octanol–water partition coefficient (Wildman–Crippen LogP) is 2.47. The van der Waals surface area contributed by atoms with Crippen molar-refractivity contribution in [3.8, 4) is 0 Å². The molecule has 0 bridgehead atoms. The number of nitrogens with two attached hydrogens (primary N) is 1. The third-order valence-corrected chi connectivity index (χ3v) is 3.45. The number of aromatic nitrogens is 2. The Morgan fingerprint density at radius 1 is 1.29 bits per heavy atom. The molecule has 1 aliphatic carbocycles. The molecule has 1 heterocycles. The van der Waals surface area contributed by atoms with Crippen LogP contribution in [0.4, 0.5) is 17.6 Å². The summed E-state index contributed by atoms with van der Waals surface area (Å²) in [5.41, 5.74) is 5.79. The highest BCUT2D eigenvalue weighted by atomic mass is 19.3. The van der Waals surface area contributed by atoms with Crippen LogP contribution in [-0.2, 0) is 11.3 Å². The topological polar surface area (TPSA) is 74.2 Å². The maximum atomic E-state index is 12.6. The van der Waals surface area contributed by atoms with Gasteiger partial charge in [-0.1, -0.05) is 5.16 Å². The van der Waals surface area contributed by atoms with Crippen LogP contribution in [0, 0.1) is 0 Å². The average molecular weight is 311 g/mol. The molecule has 1 fully saturated rings. The molecule has 1 aliphatic rings. The van der Waals surface area contributed by atoms with Crippen molar-refractivity contribution in [3.05, 3.63) is 11.7 Å². The van der Waals surface area contributed by atoms with E-state index in [1.807, 2.05) is 0 Å². The summed E-state index contributed by atoms with van der Waals surface area (Å²) < 4.78 is 58.7. The molecule has 120 valence electrons. The smallest absolute Gasteiger partial charge is 0.330 e. The van der Waals surface area contributed by atoms with E-state index in [-0.39, 0.29) is 17.8 Å². The third kappa shape index (κ3) is 4.37. The van der Waals surface area contributed by atoms with Crippen LogP contribution in [0.15, 0.2) is 4.52 Å². The number of hydrogen-bond acceptors (Lipinski definition) is 5. The summed E-state index contributed by atoms with van der Waals surface area (Å²) in [5.74, 6) is -3.58. The molecule has 0 amide bonds. The van der Waals surface area contributed by atoms with Gasteiger partial charge < -0.3 is 15.0 Å². The van der Waals surface area contributed by atoms with Gasteiger partial charge in [0.15, 0.2) is 5.82 Å². The standard InChI is InChI=1S/C12H17F4N3O2/c13-11(14)12(15,16)6-20-5-9-18-10(21-19-9)7-1-3-8(17)4-2-7/h7-8,11H,1-6,17H2. The van der Waals surface area contributed by atoms with Gasteiger partial charge in [-0.05, 0) is 25.7 Å². The first kappa shape index (κ1) is 16.2. The fourth-order valence-electron chi connectivity index (χ4n) is 2.20. The Balaban J connectivity index is 1.81. The molecule has 0 aliphatic heterocycles. The normalized spacial score (nSPS) is 23.7. The number of alkyl halides is 4. The van der Waals surface area contributed by atoms with Gasteiger partial charge in [-0.15, -0.1) is 0 Å². The molecule has 2 N–H and O–H groups in total. The lowest BCUT2D eigenvalue weighted by Crippen LogP contribution is -2.32. The van der Waals surface area contributed by atoms with Crippen LogP contribution >= 0.6 is 0 Å². The highest BCUT2D eigenvalue weighted by Crippen LogP contribution is 2.31. The summed E-state index contributed by atoms with van der Waals surface area (Å²) >= 11 is 0.